The summed E-state index contributed by atoms with van der Waals surface area (Å²) in [5.74, 6) is 0.397. The Hall–Kier alpha value is -2.87. The molecule has 0 fully saturated rings. The largest absolute Gasteiger partial charge is 0.497 e. The van der Waals surface area contributed by atoms with E-state index in [1.165, 1.54) is 18.2 Å². The number of hydrogen-bond donors (Lipinski definition) is 2. The highest BCUT2D eigenvalue weighted by molar-refractivity contribution is 7.89. The van der Waals surface area contributed by atoms with Gasteiger partial charge in [0.2, 0.25) is 10.0 Å². The standard InChI is InChI=1S/C23H23ClN2O4S/c1-30-20-10-7-17(8-11-20)13-14-25-23(27)19-9-12-21(24)22(15-19)31(28,29)26-16-18-5-3-2-4-6-18/h2-12,15,26H,13-14,16H2,1H3,(H,25,27). The number of hydrogen-bond acceptors (Lipinski definition) is 4. The van der Waals surface area contributed by atoms with Crippen molar-refractivity contribution >= 4 is 27.5 Å². The summed E-state index contributed by atoms with van der Waals surface area (Å²) in [7, 11) is -2.28. The van der Waals surface area contributed by atoms with Crippen LogP contribution in [-0.2, 0) is 23.0 Å². The zero-order valence-electron chi connectivity index (χ0n) is 17.0. The van der Waals surface area contributed by atoms with E-state index in [2.05, 4.69) is 10.0 Å². The van der Waals surface area contributed by atoms with E-state index in [4.69, 9.17) is 16.3 Å². The lowest BCUT2D eigenvalue weighted by atomic mass is 10.1. The summed E-state index contributed by atoms with van der Waals surface area (Å²) in [5, 5.41) is 2.85. The third-order valence-electron chi connectivity index (χ3n) is 4.65. The van der Waals surface area contributed by atoms with E-state index in [-0.39, 0.29) is 27.9 Å². The Labute approximate surface area is 187 Å². The summed E-state index contributed by atoms with van der Waals surface area (Å²) >= 11 is 6.12. The molecule has 0 aliphatic heterocycles. The Morgan fingerprint density at radius 1 is 0.968 bits per heavy atom. The Morgan fingerprint density at radius 2 is 1.68 bits per heavy atom. The molecule has 3 rings (SSSR count). The molecule has 0 radical (unpaired) electrons. The minimum absolute atomic E-state index is 0.0512. The molecular weight excluding hydrogens is 436 g/mol. The molecule has 0 unspecified atom stereocenters. The van der Waals surface area contributed by atoms with Crippen LogP contribution in [0.15, 0.2) is 77.7 Å². The van der Waals surface area contributed by atoms with E-state index < -0.39 is 10.0 Å². The van der Waals surface area contributed by atoms with Crippen LogP contribution in [0.5, 0.6) is 5.75 Å². The SMILES string of the molecule is COc1ccc(CCNC(=O)c2ccc(Cl)c(S(=O)(=O)NCc3ccccc3)c2)cc1. The molecule has 31 heavy (non-hydrogen) atoms. The second-order valence-electron chi connectivity index (χ2n) is 6.81. The van der Waals surface area contributed by atoms with E-state index >= 15 is 0 Å². The molecule has 0 heterocycles. The molecule has 0 aliphatic rings. The number of benzene rings is 3. The number of methoxy groups -OCH3 is 1. The van der Waals surface area contributed by atoms with Crippen LogP contribution in [0.4, 0.5) is 0 Å². The van der Waals surface area contributed by atoms with Gasteiger partial charge in [-0.3, -0.25) is 4.79 Å². The summed E-state index contributed by atoms with van der Waals surface area (Å²) < 4.78 is 33.1. The average molecular weight is 459 g/mol. The van der Waals surface area contributed by atoms with Gasteiger partial charge in [-0.15, -0.1) is 0 Å². The lowest BCUT2D eigenvalue weighted by molar-refractivity contribution is 0.0954. The van der Waals surface area contributed by atoms with Gasteiger partial charge in [-0.05, 0) is 47.9 Å². The highest BCUT2D eigenvalue weighted by Crippen LogP contribution is 2.23. The van der Waals surface area contributed by atoms with Crippen molar-refractivity contribution < 1.29 is 17.9 Å². The Bertz CT molecular complexity index is 1130. The summed E-state index contributed by atoms with van der Waals surface area (Å²) in [6, 6.07) is 20.9. The zero-order valence-corrected chi connectivity index (χ0v) is 18.5. The molecule has 0 aliphatic carbocycles. The number of carbonyl (C=O) groups excluding carboxylic acids is 1. The van der Waals surface area contributed by atoms with Gasteiger partial charge in [-0.2, -0.15) is 0 Å². The summed E-state index contributed by atoms with van der Waals surface area (Å²) in [6.45, 7) is 0.528. The molecule has 3 aromatic rings. The number of nitrogens with one attached hydrogen (secondary N) is 2. The van der Waals surface area contributed by atoms with Crippen LogP contribution < -0.4 is 14.8 Å². The normalized spacial score (nSPS) is 11.2. The van der Waals surface area contributed by atoms with Gasteiger partial charge in [-0.1, -0.05) is 54.1 Å². The molecule has 1 amide bonds. The van der Waals surface area contributed by atoms with Gasteiger partial charge >= 0.3 is 0 Å². The van der Waals surface area contributed by atoms with Crippen molar-refractivity contribution in [2.24, 2.45) is 0 Å². The number of amides is 1. The lowest BCUT2D eigenvalue weighted by Gasteiger charge is -2.11. The molecule has 0 spiro atoms. The van der Waals surface area contributed by atoms with Gasteiger partial charge in [0.25, 0.3) is 5.91 Å². The molecule has 2 N–H and O–H groups in total. The maximum absolute atomic E-state index is 12.7. The van der Waals surface area contributed by atoms with E-state index in [1.807, 2.05) is 54.6 Å². The quantitative estimate of drug-likeness (QED) is 0.510. The molecule has 0 saturated heterocycles. The second-order valence-corrected chi connectivity index (χ2v) is 8.95. The minimum atomic E-state index is -3.89. The summed E-state index contributed by atoms with van der Waals surface area (Å²) in [4.78, 5) is 12.4. The van der Waals surface area contributed by atoms with Crippen LogP contribution >= 0.6 is 11.6 Å². The third-order valence-corrected chi connectivity index (χ3v) is 6.53. The molecule has 162 valence electrons. The van der Waals surface area contributed by atoms with Crippen molar-refractivity contribution in [1.29, 1.82) is 0 Å². The first-order valence-corrected chi connectivity index (χ1v) is 11.5. The van der Waals surface area contributed by atoms with Gasteiger partial charge < -0.3 is 10.1 Å². The van der Waals surface area contributed by atoms with Gasteiger partial charge in [-0.25, -0.2) is 13.1 Å². The maximum atomic E-state index is 12.7. The van der Waals surface area contributed by atoms with Gasteiger partial charge in [0.1, 0.15) is 10.6 Å². The predicted molar refractivity (Wildman–Crippen MR) is 121 cm³/mol. The fourth-order valence-electron chi connectivity index (χ4n) is 2.92. The molecular formula is C23H23ClN2O4S. The highest BCUT2D eigenvalue weighted by atomic mass is 35.5. The van der Waals surface area contributed by atoms with Crippen molar-refractivity contribution in [3.05, 3.63) is 94.5 Å². The van der Waals surface area contributed by atoms with Gasteiger partial charge in [0.05, 0.1) is 12.1 Å². The van der Waals surface area contributed by atoms with Crippen molar-refractivity contribution in [3.63, 3.8) is 0 Å². The van der Waals surface area contributed by atoms with E-state index in [0.717, 1.165) is 16.9 Å². The number of rotatable bonds is 9. The minimum Gasteiger partial charge on any atom is -0.497 e. The van der Waals surface area contributed by atoms with Crippen molar-refractivity contribution in [2.75, 3.05) is 13.7 Å². The molecule has 0 aromatic heterocycles. The maximum Gasteiger partial charge on any atom is 0.251 e. The first kappa shape index (κ1) is 22.8. The molecule has 6 nitrogen and oxygen atoms in total. The molecule has 0 bridgehead atoms. The topological polar surface area (TPSA) is 84.5 Å². The third kappa shape index (κ3) is 6.30. The summed E-state index contributed by atoms with van der Waals surface area (Å²) in [6.07, 6.45) is 0.632. The second kappa shape index (κ2) is 10.4. The van der Waals surface area contributed by atoms with E-state index in [9.17, 15) is 13.2 Å². The van der Waals surface area contributed by atoms with Crippen LogP contribution in [-0.4, -0.2) is 28.0 Å². The first-order valence-electron chi connectivity index (χ1n) is 9.63. The molecule has 3 aromatic carbocycles. The fourth-order valence-corrected chi connectivity index (χ4v) is 4.46. The number of sulfonamides is 1. The lowest BCUT2D eigenvalue weighted by Crippen LogP contribution is -2.27. The van der Waals surface area contributed by atoms with Crippen molar-refractivity contribution in [3.8, 4) is 5.75 Å². The van der Waals surface area contributed by atoms with Crippen LogP contribution in [0.2, 0.25) is 5.02 Å². The van der Waals surface area contributed by atoms with Gasteiger partial charge in [0.15, 0.2) is 0 Å². The molecule has 0 saturated carbocycles. The molecule has 8 heteroatoms. The van der Waals surface area contributed by atoms with E-state index in [1.54, 1.807) is 7.11 Å². The van der Waals surface area contributed by atoms with Crippen molar-refractivity contribution in [1.82, 2.24) is 10.0 Å². The smallest absolute Gasteiger partial charge is 0.251 e. The van der Waals surface area contributed by atoms with Crippen LogP contribution in [0.3, 0.4) is 0 Å². The van der Waals surface area contributed by atoms with Crippen molar-refractivity contribution in [2.45, 2.75) is 17.9 Å². The summed E-state index contributed by atoms with van der Waals surface area (Å²) in [5.41, 5.74) is 2.08. The van der Waals surface area contributed by atoms with Gasteiger partial charge in [0, 0.05) is 18.7 Å². The number of carbonyl (C=O) groups is 1. The van der Waals surface area contributed by atoms with Crippen LogP contribution in [0, 0.1) is 0 Å². The Balaban J connectivity index is 1.64. The number of ether oxygens (including phenoxy) is 1. The Kier molecular flexibility index (Phi) is 7.68. The zero-order chi connectivity index (χ0) is 22.3. The van der Waals surface area contributed by atoms with E-state index in [0.29, 0.717) is 13.0 Å². The Morgan fingerprint density at radius 3 is 2.35 bits per heavy atom. The first-order chi connectivity index (χ1) is 14.9. The number of halogens is 1. The van der Waals surface area contributed by atoms with Crippen LogP contribution in [0.1, 0.15) is 21.5 Å². The van der Waals surface area contributed by atoms with Crippen LogP contribution in [0.25, 0.3) is 0 Å². The monoisotopic (exact) mass is 458 g/mol. The predicted octanol–water partition coefficient (Wildman–Crippen LogP) is 3.80. The highest BCUT2D eigenvalue weighted by Gasteiger charge is 2.20. The fraction of sp³-hybridized carbons (Fsp3) is 0.174. The molecule has 0 atom stereocenters. The average Bonchev–Trinajstić information content (AvgIpc) is 2.79.